The van der Waals surface area contributed by atoms with Crippen LogP contribution < -0.4 is 12.6 Å². The van der Waals surface area contributed by atoms with E-state index in [1.165, 1.54) is 12.1 Å². The van der Waals surface area contributed by atoms with Gasteiger partial charge in [-0.3, -0.25) is 0 Å². The van der Waals surface area contributed by atoms with E-state index in [9.17, 15) is 37.9 Å². The maximum atomic E-state index is 14.6. The van der Waals surface area contributed by atoms with Crippen molar-refractivity contribution < 1.29 is 46.8 Å². The molecule has 35 heavy (non-hydrogen) atoms. The molecule has 0 bridgehead atoms. The molecule has 2 aromatic carbocycles. The standard InChI is InChI=1S/C17H15F3N4O8S3/c1-33(25,26)24(34(2,27)28)17-21-10-23(22-17)11-7-15(18)14(16(19)8-11)9-31-12-3-5-13(6-4-12)32-35(20,29)30/h3-8,10H,9H2,1-2H3. The molecular weight excluding hydrogens is 541 g/mol. The van der Waals surface area contributed by atoms with Gasteiger partial charge >= 0.3 is 10.5 Å². The number of halogens is 3. The zero-order valence-electron chi connectivity index (χ0n) is 17.7. The first-order valence-electron chi connectivity index (χ1n) is 9.02. The van der Waals surface area contributed by atoms with Crippen molar-refractivity contribution in [2.24, 2.45) is 0 Å². The number of rotatable bonds is 9. The molecule has 0 atom stereocenters. The molecule has 0 saturated heterocycles. The van der Waals surface area contributed by atoms with E-state index in [0.29, 0.717) is 12.5 Å². The lowest BCUT2D eigenvalue weighted by molar-refractivity contribution is 0.292. The highest BCUT2D eigenvalue weighted by Gasteiger charge is 2.31. The Morgan fingerprint density at radius 3 is 1.91 bits per heavy atom. The lowest BCUT2D eigenvalue weighted by atomic mass is 10.2. The highest BCUT2D eigenvalue weighted by Crippen LogP contribution is 2.24. The van der Waals surface area contributed by atoms with Crippen LogP contribution in [0.5, 0.6) is 11.5 Å². The Hall–Kier alpha value is -3.38. The van der Waals surface area contributed by atoms with Crippen LogP contribution in [0, 0.1) is 11.6 Å². The summed E-state index contributed by atoms with van der Waals surface area (Å²) >= 11 is 0. The molecule has 190 valence electrons. The summed E-state index contributed by atoms with van der Waals surface area (Å²) in [6.07, 6.45) is 2.10. The minimum absolute atomic E-state index is 0.0370. The molecule has 0 spiro atoms. The topological polar surface area (TPSA) is 155 Å². The number of sulfonamides is 2. The number of hydrogen-bond donors (Lipinski definition) is 0. The molecule has 0 aliphatic heterocycles. The maximum absolute atomic E-state index is 14.6. The van der Waals surface area contributed by atoms with Crippen LogP contribution in [-0.4, -0.2) is 52.5 Å². The highest BCUT2D eigenvalue weighted by molar-refractivity contribution is 8.09. The molecule has 0 fully saturated rings. The number of ether oxygens (including phenoxy) is 1. The van der Waals surface area contributed by atoms with Crippen molar-refractivity contribution in [3.8, 4) is 17.2 Å². The minimum atomic E-state index is -5.22. The summed E-state index contributed by atoms with van der Waals surface area (Å²) in [7, 11) is -13.9. The van der Waals surface area contributed by atoms with Crippen molar-refractivity contribution in [3.05, 3.63) is 59.9 Å². The van der Waals surface area contributed by atoms with Crippen LogP contribution in [0.2, 0.25) is 0 Å². The molecule has 0 aliphatic carbocycles. The molecular formula is C17H15F3N4O8S3. The van der Waals surface area contributed by atoms with Crippen molar-refractivity contribution >= 4 is 36.5 Å². The molecule has 3 rings (SSSR count). The third-order valence-electron chi connectivity index (χ3n) is 4.04. The van der Waals surface area contributed by atoms with Gasteiger partial charge in [-0.2, -0.15) is 13.4 Å². The number of hydrogen-bond acceptors (Lipinski definition) is 10. The molecule has 0 unspecified atom stereocenters. The zero-order chi connectivity index (χ0) is 26.2. The summed E-state index contributed by atoms with van der Waals surface area (Å²) < 4.78 is 120. The molecule has 0 saturated carbocycles. The third kappa shape index (κ3) is 6.61. The fourth-order valence-electron chi connectivity index (χ4n) is 2.73. The van der Waals surface area contributed by atoms with Crippen LogP contribution in [-0.2, 0) is 37.2 Å². The van der Waals surface area contributed by atoms with E-state index < -0.39 is 60.3 Å². The molecule has 3 aromatic rings. The number of aromatic nitrogens is 3. The smallest absolute Gasteiger partial charge is 0.488 e. The van der Waals surface area contributed by atoms with E-state index in [-0.39, 0.29) is 20.9 Å². The Morgan fingerprint density at radius 2 is 1.43 bits per heavy atom. The van der Waals surface area contributed by atoms with Crippen LogP contribution in [0.15, 0.2) is 42.7 Å². The molecule has 0 aliphatic rings. The van der Waals surface area contributed by atoms with Crippen LogP contribution in [0.1, 0.15) is 5.56 Å². The molecule has 0 amide bonds. The average Bonchev–Trinajstić information content (AvgIpc) is 3.14. The Morgan fingerprint density at radius 1 is 0.914 bits per heavy atom. The van der Waals surface area contributed by atoms with Crippen LogP contribution in [0.3, 0.4) is 0 Å². The molecule has 18 heteroatoms. The van der Waals surface area contributed by atoms with Crippen molar-refractivity contribution in [2.45, 2.75) is 6.61 Å². The first kappa shape index (κ1) is 26.2. The van der Waals surface area contributed by atoms with Gasteiger partial charge < -0.3 is 8.92 Å². The third-order valence-corrected chi connectivity index (χ3v) is 7.59. The van der Waals surface area contributed by atoms with E-state index in [1.54, 1.807) is 0 Å². The predicted octanol–water partition coefficient (Wildman–Crippen LogP) is 1.44. The summed E-state index contributed by atoms with van der Waals surface area (Å²) in [5.41, 5.74) is -0.743. The Kier molecular flexibility index (Phi) is 7.00. The van der Waals surface area contributed by atoms with Gasteiger partial charge in [0.15, 0.2) is 0 Å². The number of anilines is 1. The molecule has 0 radical (unpaired) electrons. The van der Waals surface area contributed by atoms with Gasteiger partial charge in [-0.05, 0) is 24.3 Å². The van der Waals surface area contributed by atoms with Crippen LogP contribution in [0.4, 0.5) is 18.6 Å². The van der Waals surface area contributed by atoms with Crippen molar-refractivity contribution in [3.63, 3.8) is 0 Å². The Labute approximate surface area is 198 Å². The van der Waals surface area contributed by atoms with E-state index in [2.05, 4.69) is 14.3 Å². The lowest BCUT2D eigenvalue weighted by Crippen LogP contribution is -2.36. The van der Waals surface area contributed by atoms with Gasteiger partial charge in [0, 0.05) is 12.1 Å². The van der Waals surface area contributed by atoms with Gasteiger partial charge in [0.25, 0.3) is 5.95 Å². The summed E-state index contributed by atoms with van der Waals surface area (Å²) in [5.74, 6) is -3.21. The minimum Gasteiger partial charge on any atom is -0.489 e. The quantitative estimate of drug-likeness (QED) is 0.354. The molecule has 0 N–H and O–H groups in total. The van der Waals surface area contributed by atoms with Crippen molar-refractivity contribution in [2.75, 3.05) is 16.2 Å². The number of benzene rings is 2. The zero-order valence-corrected chi connectivity index (χ0v) is 20.1. The van der Waals surface area contributed by atoms with Crippen LogP contribution in [0.25, 0.3) is 5.69 Å². The average molecular weight is 557 g/mol. The van der Waals surface area contributed by atoms with Gasteiger partial charge in [-0.15, -0.1) is 8.81 Å². The van der Waals surface area contributed by atoms with Gasteiger partial charge in [-0.1, -0.05) is 3.89 Å². The molecule has 1 aromatic heterocycles. The van der Waals surface area contributed by atoms with E-state index >= 15 is 0 Å². The van der Waals surface area contributed by atoms with Gasteiger partial charge in [0.1, 0.15) is 36.1 Å². The number of nitrogens with zero attached hydrogens (tertiary/aromatic N) is 4. The highest BCUT2D eigenvalue weighted by atomic mass is 32.3. The monoisotopic (exact) mass is 556 g/mol. The largest absolute Gasteiger partial charge is 0.489 e. The Balaban J connectivity index is 1.81. The van der Waals surface area contributed by atoms with Crippen molar-refractivity contribution in [1.82, 2.24) is 14.8 Å². The summed E-state index contributed by atoms with van der Waals surface area (Å²) in [4.78, 5) is 3.59. The second-order valence-corrected chi connectivity index (χ2v) is 11.7. The molecule has 12 nitrogen and oxygen atoms in total. The maximum Gasteiger partial charge on any atom is 0.488 e. The van der Waals surface area contributed by atoms with Crippen LogP contribution >= 0.6 is 0 Å². The first-order valence-corrected chi connectivity index (χ1v) is 14.0. The first-order chi connectivity index (χ1) is 16.0. The fourth-order valence-corrected chi connectivity index (χ4v) is 5.80. The van der Waals surface area contributed by atoms with Crippen molar-refractivity contribution in [1.29, 1.82) is 0 Å². The Bertz CT molecular complexity index is 1520. The predicted molar refractivity (Wildman–Crippen MR) is 115 cm³/mol. The van der Waals surface area contributed by atoms with E-state index in [4.69, 9.17) is 4.74 Å². The normalized spacial score (nSPS) is 12.4. The summed E-state index contributed by atoms with van der Waals surface area (Å²) in [6, 6.07) is 6.12. The SMILES string of the molecule is CS(=O)(=O)N(c1ncn(-c2cc(F)c(COc3ccc(OS(=O)(=O)F)cc3)c(F)c2)n1)S(C)(=O)=O. The van der Waals surface area contributed by atoms with Gasteiger partial charge in [0.05, 0.1) is 23.8 Å². The summed E-state index contributed by atoms with van der Waals surface area (Å²) in [6.45, 7) is -0.599. The van der Waals surface area contributed by atoms with E-state index in [1.807, 2.05) is 0 Å². The lowest BCUT2D eigenvalue weighted by Gasteiger charge is -2.15. The van der Waals surface area contributed by atoms with Gasteiger partial charge in [0.2, 0.25) is 20.0 Å². The molecule has 1 heterocycles. The summed E-state index contributed by atoms with van der Waals surface area (Å²) in [5, 5.41) is 3.68. The second-order valence-electron chi connectivity index (χ2n) is 6.84. The fraction of sp³-hybridized carbons (Fsp3) is 0.176. The van der Waals surface area contributed by atoms with E-state index in [0.717, 1.165) is 35.3 Å². The second kappa shape index (κ2) is 9.34. The van der Waals surface area contributed by atoms with Gasteiger partial charge in [-0.25, -0.2) is 30.3 Å².